The summed E-state index contributed by atoms with van der Waals surface area (Å²) in [5, 5.41) is 16.0. The predicted molar refractivity (Wildman–Crippen MR) is 93.3 cm³/mol. The number of nitrogens with one attached hydrogen (secondary N) is 1. The smallest absolute Gasteiger partial charge is 0.248 e. The van der Waals surface area contributed by atoms with Gasteiger partial charge in [0.05, 0.1) is 12.8 Å². The molecular formula is C18H20FN5O3. The molecule has 8 nitrogen and oxygen atoms in total. The molecule has 27 heavy (non-hydrogen) atoms. The molecule has 0 spiro atoms. The number of hydrogen-bond donors (Lipinski definition) is 2. The fraction of sp³-hybridized carbons (Fsp3) is 0.389. The monoisotopic (exact) mass is 373 g/mol. The van der Waals surface area contributed by atoms with E-state index < -0.39 is 18.7 Å². The quantitative estimate of drug-likeness (QED) is 0.755. The van der Waals surface area contributed by atoms with Crippen LogP contribution in [0.2, 0.25) is 0 Å². The van der Waals surface area contributed by atoms with Gasteiger partial charge in [-0.05, 0) is 12.1 Å². The Bertz CT molecular complexity index is 870. The van der Waals surface area contributed by atoms with Crippen LogP contribution in [0.3, 0.4) is 0 Å². The lowest BCUT2D eigenvalue weighted by molar-refractivity contribution is -0.154. The third-order valence-corrected chi connectivity index (χ3v) is 4.99. The Morgan fingerprint density at radius 2 is 2.07 bits per heavy atom. The van der Waals surface area contributed by atoms with Crippen molar-refractivity contribution in [2.24, 2.45) is 0 Å². The molecule has 0 bridgehead atoms. The first-order valence-electron chi connectivity index (χ1n) is 8.79. The van der Waals surface area contributed by atoms with Crippen molar-refractivity contribution in [2.75, 3.05) is 26.2 Å². The number of hydrogen-bond acceptors (Lipinski definition) is 5. The van der Waals surface area contributed by atoms with Gasteiger partial charge in [-0.15, -0.1) is 0 Å². The molecule has 4 rings (SSSR count). The van der Waals surface area contributed by atoms with Crippen LogP contribution in [0.4, 0.5) is 4.39 Å². The Kier molecular flexibility index (Phi) is 4.63. The van der Waals surface area contributed by atoms with Crippen LogP contribution in [-0.4, -0.2) is 74.8 Å². The number of aliphatic hydroxyl groups is 1. The van der Waals surface area contributed by atoms with Gasteiger partial charge in [0.25, 0.3) is 0 Å². The number of amides is 2. The van der Waals surface area contributed by atoms with Crippen LogP contribution in [0, 0.1) is 5.82 Å². The summed E-state index contributed by atoms with van der Waals surface area (Å²) in [6, 6.07) is 5.00. The second-order valence-electron chi connectivity index (χ2n) is 6.77. The molecule has 0 unspecified atom stereocenters. The molecule has 2 amide bonds. The lowest BCUT2D eigenvalue weighted by atomic mass is 10.0. The number of carbonyl (C=O) groups is 2. The highest BCUT2D eigenvalue weighted by Crippen LogP contribution is 2.19. The van der Waals surface area contributed by atoms with Crippen molar-refractivity contribution in [3.05, 3.63) is 48.0 Å². The van der Waals surface area contributed by atoms with Gasteiger partial charge in [-0.1, -0.05) is 12.1 Å². The number of carbonyl (C=O) groups excluding carboxylic acids is 2. The van der Waals surface area contributed by atoms with E-state index in [1.807, 2.05) is 0 Å². The molecule has 2 aliphatic heterocycles. The molecule has 3 heterocycles. The summed E-state index contributed by atoms with van der Waals surface area (Å²) in [6.45, 7) is 1.59. The zero-order valence-corrected chi connectivity index (χ0v) is 14.6. The van der Waals surface area contributed by atoms with E-state index >= 15 is 0 Å². The summed E-state index contributed by atoms with van der Waals surface area (Å²) in [4.78, 5) is 28.2. The lowest BCUT2D eigenvalue weighted by Crippen LogP contribution is -2.69. The highest BCUT2D eigenvalue weighted by atomic mass is 19.1. The van der Waals surface area contributed by atoms with Gasteiger partial charge in [0, 0.05) is 37.9 Å². The molecular weight excluding hydrogens is 353 g/mol. The molecule has 2 aromatic rings. The number of nitrogens with zero attached hydrogens (tertiary/aromatic N) is 4. The Morgan fingerprint density at radius 1 is 1.26 bits per heavy atom. The normalized spacial score (nSPS) is 23.3. The molecule has 2 saturated heterocycles. The van der Waals surface area contributed by atoms with Crippen molar-refractivity contribution >= 4 is 11.8 Å². The van der Waals surface area contributed by atoms with Crippen LogP contribution in [0.15, 0.2) is 36.7 Å². The summed E-state index contributed by atoms with van der Waals surface area (Å²) in [6.07, 6.45) is 3.44. The van der Waals surface area contributed by atoms with Crippen molar-refractivity contribution in [1.82, 2.24) is 24.9 Å². The molecule has 2 aliphatic rings. The largest absolute Gasteiger partial charge is 0.394 e. The average Bonchev–Trinajstić information content (AvgIpc) is 3.13. The summed E-state index contributed by atoms with van der Waals surface area (Å²) in [5.74, 6) is -0.842. The maximum atomic E-state index is 13.9. The second-order valence-corrected chi connectivity index (χ2v) is 6.77. The maximum absolute atomic E-state index is 13.9. The van der Waals surface area contributed by atoms with E-state index in [4.69, 9.17) is 0 Å². The Hall–Kier alpha value is -2.78. The topological polar surface area (TPSA) is 90.7 Å². The first-order valence-corrected chi connectivity index (χ1v) is 8.79. The van der Waals surface area contributed by atoms with Crippen LogP contribution < -0.4 is 5.32 Å². The Labute approximate surface area is 155 Å². The highest BCUT2D eigenvalue weighted by molar-refractivity contribution is 5.97. The molecule has 0 saturated carbocycles. The van der Waals surface area contributed by atoms with Crippen LogP contribution in [0.25, 0.3) is 5.69 Å². The van der Waals surface area contributed by atoms with Gasteiger partial charge in [-0.2, -0.15) is 5.10 Å². The molecule has 1 aromatic carbocycles. The average molecular weight is 373 g/mol. The van der Waals surface area contributed by atoms with Gasteiger partial charge in [-0.25, -0.2) is 9.07 Å². The number of para-hydroxylation sites is 1. The predicted octanol–water partition coefficient (Wildman–Crippen LogP) is -0.485. The van der Waals surface area contributed by atoms with Gasteiger partial charge in [0.2, 0.25) is 11.8 Å². The van der Waals surface area contributed by atoms with Crippen LogP contribution in [-0.2, 0) is 16.1 Å². The van der Waals surface area contributed by atoms with Gasteiger partial charge in [0.15, 0.2) is 0 Å². The first-order chi connectivity index (χ1) is 13.1. The summed E-state index contributed by atoms with van der Waals surface area (Å²) in [7, 11) is 0. The third-order valence-electron chi connectivity index (χ3n) is 4.99. The van der Waals surface area contributed by atoms with Gasteiger partial charge in [-0.3, -0.25) is 14.5 Å². The maximum Gasteiger partial charge on any atom is 0.248 e. The van der Waals surface area contributed by atoms with Crippen LogP contribution in [0.5, 0.6) is 0 Å². The van der Waals surface area contributed by atoms with Crippen molar-refractivity contribution in [1.29, 1.82) is 0 Å². The Morgan fingerprint density at radius 3 is 2.85 bits per heavy atom. The van der Waals surface area contributed by atoms with E-state index in [-0.39, 0.29) is 17.6 Å². The SMILES string of the molecule is O=C1N[C@@H](CO)C(=O)N2CCN(Cc3cnn(-c4ccccc4F)c3)C[C@H]12. The standard InChI is InChI=1S/C18H20FN5O3/c19-13-3-1-2-4-15(13)24-9-12(7-20-24)8-22-5-6-23-16(10-22)17(26)21-14(11-25)18(23)27/h1-4,7,9,14,16,25H,5-6,8,10-11H2,(H,21,26)/t14-,16+/m0/s1. The van der Waals surface area contributed by atoms with E-state index in [0.717, 1.165) is 5.56 Å². The summed E-state index contributed by atoms with van der Waals surface area (Å²) in [5.41, 5.74) is 1.27. The molecule has 2 N–H and O–H groups in total. The van der Waals surface area contributed by atoms with E-state index in [0.29, 0.717) is 31.9 Å². The molecule has 2 atom stereocenters. The summed E-state index contributed by atoms with van der Waals surface area (Å²) >= 11 is 0. The van der Waals surface area contributed by atoms with Crippen LogP contribution >= 0.6 is 0 Å². The van der Waals surface area contributed by atoms with Crippen molar-refractivity contribution in [2.45, 2.75) is 18.6 Å². The van der Waals surface area contributed by atoms with E-state index in [9.17, 15) is 19.1 Å². The number of aliphatic hydroxyl groups excluding tert-OH is 1. The number of benzene rings is 1. The molecule has 9 heteroatoms. The van der Waals surface area contributed by atoms with Crippen molar-refractivity contribution < 1.29 is 19.1 Å². The molecule has 0 aliphatic carbocycles. The zero-order valence-electron chi connectivity index (χ0n) is 14.6. The van der Waals surface area contributed by atoms with Crippen molar-refractivity contribution in [3.63, 3.8) is 0 Å². The first kappa shape index (κ1) is 17.6. The van der Waals surface area contributed by atoms with Gasteiger partial charge >= 0.3 is 0 Å². The highest BCUT2D eigenvalue weighted by Gasteiger charge is 2.43. The Balaban J connectivity index is 1.44. The minimum Gasteiger partial charge on any atom is -0.394 e. The van der Waals surface area contributed by atoms with Crippen LogP contribution in [0.1, 0.15) is 5.56 Å². The van der Waals surface area contributed by atoms with Gasteiger partial charge in [0.1, 0.15) is 23.6 Å². The number of piperazine rings is 2. The fourth-order valence-electron chi connectivity index (χ4n) is 3.59. The van der Waals surface area contributed by atoms with Crippen molar-refractivity contribution in [3.8, 4) is 5.69 Å². The number of aromatic nitrogens is 2. The molecule has 2 fully saturated rings. The minimum absolute atomic E-state index is 0.242. The zero-order chi connectivity index (χ0) is 19.0. The lowest BCUT2D eigenvalue weighted by Gasteiger charge is -2.44. The molecule has 1 aromatic heterocycles. The van der Waals surface area contributed by atoms with E-state index in [1.165, 1.54) is 10.7 Å². The minimum atomic E-state index is -0.848. The third kappa shape index (κ3) is 3.31. The van der Waals surface area contributed by atoms with Gasteiger partial charge < -0.3 is 15.3 Å². The fourth-order valence-corrected chi connectivity index (χ4v) is 3.59. The van der Waals surface area contributed by atoms with E-state index in [1.54, 1.807) is 35.5 Å². The second kappa shape index (κ2) is 7.09. The molecule has 0 radical (unpaired) electrons. The number of rotatable bonds is 4. The number of halogens is 1. The number of fused-ring (bicyclic) bond motifs is 1. The summed E-state index contributed by atoms with van der Waals surface area (Å²) < 4.78 is 15.4. The molecule has 142 valence electrons. The van der Waals surface area contributed by atoms with E-state index in [2.05, 4.69) is 15.3 Å².